The molecule has 0 N–H and O–H groups in total. The van der Waals surface area contributed by atoms with Crippen molar-refractivity contribution in [3.63, 3.8) is 0 Å². The quantitative estimate of drug-likeness (QED) is 0.459. The van der Waals surface area contributed by atoms with Crippen LogP contribution in [0.4, 0.5) is 4.39 Å². The zero-order valence-corrected chi connectivity index (χ0v) is 10.4. The average molecular weight is 240 g/mol. The van der Waals surface area contributed by atoms with Crippen LogP contribution in [-0.2, 0) is 14.3 Å². The first-order chi connectivity index (χ1) is 6.95. The molecule has 0 saturated carbocycles. The Kier molecular flexibility index (Phi) is 7.96. The molecule has 0 aromatic carbocycles. The Labute approximate surface area is 92.1 Å². The highest BCUT2D eigenvalue weighted by molar-refractivity contribution is 7.85. The van der Waals surface area contributed by atoms with Crippen molar-refractivity contribution in [3.8, 4) is 0 Å². The molecule has 0 rings (SSSR count). The minimum absolute atomic E-state index is 0.0478. The van der Waals surface area contributed by atoms with Crippen molar-refractivity contribution in [2.75, 3.05) is 12.9 Å². The summed E-state index contributed by atoms with van der Waals surface area (Å²) in [6.07, 6.45) is 4.88. The molecule has 0 heterocycles. The molecule has 0 fully saturated rings. The standard InChI is InChI=1S/C10H21FO3S/c1-3-4-5-6-7-10(11)8-9-14-15(2,12)13/h10H,3-9H2,1-2H3/t10-/m0/s1. The van der Waals surface area contributed by atoms with Crippen LogP contribution in [0.1, 0.15) is 45.4 Å². The number of rotatable bonds is 9. The fourth-order valence-corrected chi connectivity index (χ4v) is 1.66. The smallest absolute Gasteiger partial charge is 0.264 e. The van der Waals surface area contributed by atoms with E-state index in [1.165, 1.54) is 0 Å². The maximum Gasteiger partial charge on any atom is 0.264 e. The second-order valence-electron chi connectivity index (χ2n) is 3.76. The predicted molar refractivity (Wildman–Crippen MR) is 59.1 cm³/mol. The van der Waals surface area contributed by atoms with Gasteiger partial charge in [0, 0.05) is 6.42 Å². The zero-order chi connectivity index (χ0) is 11.7. The van der Waals surface area contributed by atoms with Gasteiger partial charge in [-0.3, -0.25) is 4.18 Å². The molecule has 0 amide bonds. The normalized spacial score (nSPS) is 14.1. The van der Waals surface area contributed by atoms with E-state index in [4.69, 9.17) is 0 Å². The second-order valence-corrected chi connectivity index (χ2v) is 5.41. The molecule has 0 aliphatic heterocycles. The van der Waals surface area contributed by atoms with Crippen LogP contribution in [0.3, 0.4) is 0 Å². The maximum atomic E-state index is 13.1. The molecule has 1 atom stereocenters. The monoisotopic (exact) mass is 240 g/mol. The Morgan fingerprint density at radius 3 is 2.40 bits per heavy atom. The van der Waals surface area contributed by atoms with Gasteiger partial charge in [-0.15, -0.1) is 0 Å². The molecule has 0 aromatic heterocycles. The summed E-state index contributed by atoms with van der Waals surface area (Å²) in [4.78, 5) is 0. The molecule has 0 unspecified atom stereocenters. The van der Waals surface area contributed by atoms with Gasteiger partial charge in [0.15, 0.2) is 0 Å². The van der Waals surface area contributed by atoms with E-state index >= 15 is 0 Å². The molecule has 3 nitrogen and oxygen atoms in total. The van der Waals surface area contributed by atoms with Gasteiger partial charge in [-0.2, -0.15) is 8.42 Å². The Morgan fingerprint density at radius 2 is 1.87 bits per heavy atom. The number of hydrogen-bond acceptors (Lipinski definition) is 3. The van der Waals surface area contributed by atoms with E-state index in [9.17, 15) is 12.8 Å². The number of unbranched alkanes of at least 4 members (excludes halogenated alkanes) is 3. The van der Waals surface area contributed by atoms with Crippen LogP contribution in [0.2, 0.25) is 0 Å². The van der Waals surface area contributed by atoms with E-state index < -0.39 is 16.3 Å². The lowest BCUT2D eigenvalue weighted by Crippen LogP contribution is -2.09. The van der Waals surface area contributed by atoms with Gasteiger partial charge < -0.3 is 0 Å². The Bertz CT molecular complexity index is 239. The predicted octanol–water partition coefficient (Wildman–Crippen LogP) is 2.66. The van der Waals surface area contributed by atoms with Crippen LogP contribution in [-0.4, -0.2) is 27.5 Å². The van der Waals surface area contributed by atoms with Crippen LogP contribution < -0.4 is 0 Å². The molecule has 15 heavy (non-hydrogen) atoms. The van der Waals surface area contributed by atoms with Gasteiger partial charge in [-0.05, 0) is 6.42 Å². The largest absolute Gasteiger partial charge is 0.270 e. The van der Waals surface area contributed by atoms with Crippen LogP contribution in [0, 0.1) is 0 Å². The van der Waals surface area contributed by atoms with Crippen LogP contribution in [0.25, 0.3) is 0 Å². The van der Waals surface area contributed by atoms with Crippen molar-refractivity contribution in [1.82, 2.24) is 0 Å². The van der Waals surface area contributed by atoms with E-state index in [0.717, 1.165) is 31.9 Å². The first-order valence-corrected chi connectivity index (χ1v) is 7.26. The third-order valence-electron chi connectivity index (χ3n) is 2.10. The summed E-state index contributed by atoms with van der Waals surface area (Å²) in [5.41, 5.74) is 0. The van der Waals surface area contributed by atoms with E-state index in [-0.39, 0.29) is 13.0 Å². The van der Waals surface area contributed by atoms with Gasteiger partial charge in [0.05, 0.1) is 12.9 Å². The fourth-order valence-electron chi connectivity index (χ4n) is 1.26. The lowest BCUT2D eigenvalue weighted by molar-refractivity contribution is 0.227. The van der Waals surface area contributed by atoms with E-state index in [1.54, 1.807) is 0 Å². The van der Waals surface area contributed by atoms with Crippen LogP contribution >= 0.6 is 0 Å². The molecule has 0 bridgehead atoms. The van der Waals surface area contributed by atoms with Gasteiger partial charge in [0.25, 0.3) is 10.1 Å². The Balaban J connectivity index is 3.37. The van der Waals surface area contributed by atoms with Gasteiger partial charge in [-0.25, -0.2) is 4.39 Å². The molecule has 0 aliphatic rings. The zero-order valence-electron chi connectivity index (χ0n) is 9.54. The Morgan fingerprint density at radius 1 is 1.20 bits per heavy atom. The number of hydrogen-bond donors (Lipinski definition) is 0. The van der Waals surface area contributed by atoms with E-state index in [1.807, 2.05) is 0 Å². The van der Waals surface area contributed by atoms with Gasteiger partial charge in [-0.1, -0.05) is 32.6 Å². The van der Waals surface area contributed by atoms with Crippen molar-refractivity contribution in [2.24, 2.45) is 0 Å². The molecule has 5 heteroatoms. The lowest BCUT2D eigenvalue weighted by Gasteiger charge is -2.07. The fraction of sp³-hybridized carbons (Fsp3) is 1.00. The number of halogens is 1. The molecule has 0 spiro atoms. The third-order valence-corrected chi connectivity index (χ3v) is 2.69. The summed E-state index contributed by atoms with van der Waals surface area (Å²) >= 11 is 0. The highest BCUT2D eigenvalue weighted by Crippen LogP contribution is 2.11. The third kappa shape index (κ3) is 11.8. The van der Waals surface area contributed by atoms with Crippen LogP contribution in [0.15, 0.2) is 0 Å². The topological polar surface area (TPSA) is 43.4 Å². The van der Waals surface area contributed by atoms with Crippen molar-refractivity contribution in [3.05, 3.63) is 0 Å². The average Bonchev–Trinajstić information content (AvgIpc) is 2.10. The van der Waals surface area contributed by atoms with Gasteiger partial charge in [0.2, 0.25) is 0 Å². The molecule has 0 radical (unpaired) electrons. The summed E-state index contributed by atoms with van der Waals surface area (Å²) in [6.45, 7) is 2.06. The van der Waals surface area contributed by atoms with Crippen molar-refractivity contribution in [2.45, 2.75) is 51.6 Å². The summed E-state index contributed by atoms with van der Waals surface area (Å²) in [5, 5.41) is 0. The van der Waals surface area contributed by atoms with E-state index in [2.05, 4.69) is 11.1 Å². The first-order valence-electron chi connectivity index (χ1n) is 5.44. The van der Waals surface area contributed by atoms with Crippen molar-refractivity contribution < 1.29 is 17.0 Å². The SMILES string of the molecule is CCCCCC[C@H](F)CCOS(C)(=O)=O. The highest BCUT2D eigenvalue weighted by atomic mass is 32.2. The van der Waals surface area contributed by atoms with Gasteiger partial charge in [0.1, 0.15) is 6.17 Å². The first kappa shape index (κ1) is 14.8. The molecule has 92 valence electrons. The molecule has 0 aromatic rings. The van der Waals surface area contributed by atoms with Crippen LogP contribution in [0.5, 0.6) is 0 Å². The van der Waals surface area contributed by atoms with Crippen molar-refractivity contribution in [1.29, 1.82) is 0 Å². The van der Waals surface area contributed by atoms with Gasteiger partial charge >= 0.3 is 0 Å². The summed E-state index contributed by atoms with van der Waals surface area (Å²) in [5.74, 6) is 0. The summed E-state index contributed by atoms with van der Waals surface area (Å²) < 4.78 is 38.7. The Hall–Kier alpha value is -0.160. The van der Waals surface area contributed by atoms with Crippen molar-refractivity contribution >= 4 is 10.1 Å². The summed E-state index contributed by atoms with van der Waals surface area (Å²) in [7, 11) is -3.42. The lowest BCUT2D eigenvalue weighted by atomic mass is 10.1. The second kappa shape index (κ2) is 8.05. The molecular weight excluding hydrogens is 219 g/mol. The maximum absolute atomic E-state index is 13.1. The molecule has 0 saturated heterocycles. The van der Waals surface area contributed by atoms with E-state index in [0.29, 0.717) is 6.42 Å². The molecular formula is C10H21FO3S. The summed E-state index contributed by atoms with van der Waals surface area (Å²) in [6, 6.07) is 0. The number of alkyl halides is 1. The highest BCUT2D eigenvalue weighted by Gasteiger charge is 2.08. The molecule has 0 aliphatic carbocycles. The minimum atomic E-state index is -3.42. The minimum Gasteiger partial charge on any atom is -0.270 e.